The molecule has 6 nitrogen and oxygen atoms in total. The molecule has 0 saturated carbocycles. The Morgan fingerprint density at radius 3 is 2.35 bits per heavy atom. The molecule has 0 radical (unpaired) electrons. The highest BCUT2D eigenvalue weighted by Gasteiger charge is 2.31. The fourth-order valence-corrected chi connectivity index (χ4v) is 1.38. The summed E-state index contributed by atoms with van der Waals surface area (Å²) in [6.07, 6.45) is -4.31. The van der Waals surface area contributed by atoms with Crippen LogP contribution in [0.5, 0.6) is 5.75 Å². The number of methoxy groups -OCH3 is 2. The van der Waals surface area contributed by atoms with Gasteiger partial charge < -0.3 is 19.5 Å². The Morgan fingerprint density at radius 2 is 1.83 bits per heavy atom. The van der Waals surface area contributed by atoms with Crippen LogP contribution in [0.1, 0.15) is 0 Å². The third-order valence-corrected chi connectivity index (χ3v) is 2.31. The van der Waals surface area contributed by atoms with Gasteiger partial charge in [0, 0.05) is 6.07 Å². The van der Waals surface area contributed by atoms with Crippen molar-refractivity contribution in [2.75, 3.05) is 19.5 Å². The van der Waals surface area contributed by atoms with E-state index in [-0.39, 0.29) is 0 Å². The van der Waals surface area contributed by atoms with E-state index in [1.54, 1.807) is 0 Å². The van der Waals surface area contributed by atoms with E-state index in [9.17, 15) is 27.2 Å². The normalized spacial score (nSPS) is 11.7. The molecule has 0 aliphatic rings. The number of carbonyl (C=O) groups is 2. The predicted molar refractivity (Wildman–Crippen MR) is 68.8 cm³/mol. The standard InChI is InChI=1S/C13H11F4NO5/c1-21-11(19)6-10(12(20)22-2)18-9-5-7(3-4-8(9)14)23-13(15,16)17/h3-6,18H,1-2H3/b10-6+. The van der Waals surface area contributed by atoms with Gasteiger partial charge in [0.2, 0.25) is 0 Å². The van der Waals surface area contributed by atoms with Crippen LogP contribution in [0, 0.1) is 5.82 Å². The van der Waals surface area contributed by atoms with Crippen LogP contribution in [0.3, 0.4) is 0 Å². The molecule has 0 unspecified atom stereocenters. The molecule has 0 aromatic heterocycles. The molecule has 0 atom stereocenters. The van der Waals surface area contributed by atoms with Gasteiger partial charge in [-0.3, -0.25) is 0 Å². The number of ether oxygens (including phenoxy) is 3. The van der Waals surface area contributed by atoms with E-state index < -0.39 is 41.3 Å². The van der Waals surface area contributed by atoms with Crippen molar-refractivity contribution in [1.82, 2.24) is 0 Å². The zero-order valence-corrected chi connectivity index (χ0v) is 11.9. The van der Waals surface area contributed by atoms with Gasteiger partial charge in [0.1, 0.15) is 17.3 Å². The number of halogens is 4. The lowest BCUT2D eigenvalue weighted by Crippen LogP contribution is -2.18. The molecule has 0 saturated heterocycles. The highest BCUT2D eigenvalue weighted by Crippen LogP contribution is 2.27. The van der Waals surface area contributed by atoms with Crippen LogP contribution in [-0.4, -0.2) is 32.5 Å². The summed E-state index contributed by atoms with van der Waals surface area (Å²) in [5.74, 6) is -3.72. The summed E-state index contributed by atoms with van der Waals surface area (Å²) in [6, 6.07) is 2.10. The van der Waals surface area contributed by atoms with Crippen LogP contribution in [0.2, 0.25) is 0 Å². The lowest BCUT2D eigenvalue weighted by Gasteiger charge is -2.13. The van der Waals surface area contributed by atoms with Crippen molar-refractivity contribution in [3.63, 3.8) is 0 Å². The molecule has 1 aromatic carbocycles. The summed E-state index contributed by atoms with van der Waals surface area (Å²) in [6.45, 7) is 0. The van der Waals surface area contributed by atoms with Crippen LogP contribution in [0.4, 0.5) is 23.2 Å². The van der Waals surface area contributed by atoms with Gasteiger partial charge in [0.15, 0.2) is 0 Å². The Kier molecular flexibility index (Phi) is 5.94. The molecule has 0 aliphatic carbocycles. The SMILES string of the molecule is COC(=O)/C=C(/Nc1cc(OC(F)(F)F)ccc1F)C(=O)OC. The number of anilines is 1. The van der Waals surface area contributed by atoms with Gasteiger partial charge in [-0.25, -0.2) is 14.0 Å². The van der Waals surface area contributed by atoms with Gasteiger partial charge in [-0.15, -0.1) is 13.2 Å². The second-order valence-corrected chi connectivity index (χ2v) is 3.89. The molecule has 0 spiro atoms. The largest absolute Gasteiger partial charge is 0.573 e. The molecule has 1 aromatic rings. The number of alkyl halides is 3. The second kappa shape index (κ2) is 7.47. The number of carbonyl (C=O) groups excluding carboxylic acids is 2. The van der Waals surface area contributed by atoms with E-state index in [0.29, 0.717) is 18.2 Å². The van der Waals surface area contributed by atoms with Crippen LogP contribution >= 0.6 is 0 Å². The van der Waals surface area contributed by atoms with Crippen LogP contribution < -0.4 is 10.1 Å². The quantitative estimate of drug-likeness (QED) is 0.505. The van der Waals surface area contributed by atoms with Crippen molar-refractivity contribution in [2.45, 2.75) is 6.36 Å². The third kappa shape index (κ3) is 5.85. The van der Waals surface area contributed by atoms with E-state index in [2.05, 4.69) is 19.5 Å². The number of esters is 2. The number of hydrogen-bond donors (Lipinski definition) is 1. The zero-order chi connectivity index (χ0) is 17.6. The Morgan fingerprint density at radius 1 is 1.17 bits per heavy atom. The average molecular weight is 337 g/mol. The fraction of sp³-hybridized carbons (Fsp3) is 0.231. The highest BCUT2D eigenvalue weighted by molar-refractivity contribution is 5.98. The summed E-state index contributed by atoms with van der Waals surface area (Å²) in [5.41, 5.74) is -1.07. The van der Waals surface area contributed by atoms with Crippen molar-refractivity contribution in [2.24, 2.45) is 0 Å². The first-order valence-corrected chi connectivity index (χ1v) is 5.86. The average Bonchev–Trinajstić information content (AvgIpc) is 2.47. The maximum atomic E-state index is 13.7. The first kappa shape index (κ1) is 18.3. The van der Waals surface area contributed by atoms with Gasteiger partial charge in [-0.1, -0.05) is 0 Å². The van der Waals surface area contributed by atoms with Crippen LogP contribution in [0.15, 0.2) is 30.0 Å². The maximum Gasteiger partial charge on any atom is 0.573 e. The Bertz CT molecular complexity index is 627. The van der Waals surface area contributed by atoms with Crippen LogP contribution in [0.25, 0.3) is 0 Å². The zero-order valence-electron chi connectivity index (χ0n) is 11.9. The van der Waals surface area contributed by atoms with Gasteiger partial charge in [-0.2, -0.15) is 0 Å². The molecule has 23 heavy (non-hydrogen) atoms. The molecule has 0 fully saturated rings. The van der Waals surface area contributed by atoms with E-state index in [1.807, 2.05) is 0 Å². The Hall–Kier alpha value is -2.78. The maximum absolute atomic E-state index is 13.7. The second-order valence-electron chi connectivity index (χ2n) is 3.89. The van der Waals surface area contributed by atoms with E-state index >= 15 is 0 Å². The first-order chi connectivity index (χ1) is 10.7. The summed E-state index contributed by atoms with van der Waals surface area (Å²) in [7, 11) is 2.03. The predicted octanol–water partition coefficient (Wildman–Crippen LogP) is 2.37. The lowest BCUT2D eigenvalue weighted by atomic mass is 10.2. The van der Waals surface area contributed by atoms with Gasteiger partial charge in [0.25, 0.3) is 0 Å². The fourth-order valence-electron chi connectivity index (χ4n) is 1.38. The molecule has 0 bridgehead atoms. The lowest BCUT2D eigenvalue weighted by molar-refractivity contribution is -0.274. The number of benzene rings is 1. The van der Waals surface area contributed by atoms with E-state index in [1.165, 1.54) is 0 Å². The minimum atomic E-state index is -4.97. The van der Waals surface area contributed by atoms with E-state index in [0.717, 1.165) is 20.3 Å². The Labute approximate surface area is 127 Å². The Balaban J connectivity index is 3.13. The van der Waals surface area contributed by atoms with Crippen molar-refractivity contribution in [3.05, 3.63) is 35.8 Å². The minimum Gasteiger partial charge on any atom is -0.466 e. The summed E-state index contributed by atoms with van der Waals surface area (Å²) >= 11 is 0. The van der Waals surface area contributed by atoms with Crippen molar-refractivity contribution in [1.29, 1.82) is 0 Å². The molecule has 126 valence electrons. The van der Waals surface area contributed by atoms with Crippen LogP contribution in [-0.2, 0) is 19.1 Å². The number of rotatable bonds is 5. The number of hydrogen-bond acceptors (Lipinski definition) is 6. The van der Waals surface area contributed by atoms with Crippen molar-refractivity contribution in [3.8, 4) is 5.75 Å². The summed E-state index contributed by atoms with van der Waals surface area (Å²) < 4.78 is 62.4. The minimum absolute atomic E-state index is 0.535. The molecular formula is C13H11F4NO5. The van der Waals surface area contributed by atoms with Crippen molar-refractivity contribution >= 4 is 17.6 Å². The molecule has 0 heterocycles. The van der Waals surface area contributed by atoms with Gasteiger partial charge in [0.05, 0.1) is 26.0 Å². The summed E-state index contributed by atoms with van der Waals surface area (Å²) in [5, 5.41) is 2.15. The molecule has 0 amide bonds. The highest BCUT2D eigenvalue weighted by atomic mass is 19.4. The molecule has 1 rings (SSSR count). The molecule has 1 N–H and O–H groups in total. The smallest absolute Gasteiger partial charge is 0.466 e. The molecular weight excluding hydrogens is 326 g/mol. The van der Waals surface area contributed by atoms with Gasteiger partial charge >= 0.3 is 18.3 Å². The topological polar surface area (TPSA) is 73.9 Å². The van der Waals surface area contributed by atoms with E-state index in [4.69, 9.17) is 0 Å². The van der Waals surface area contributed by atoms with Crippen molar-refractivity contribution < 1.29 is 41.4 Å². The molecule has 10 heteroatoms. The molecule has 0 aliphatic heterocycles. The first-order valence-electron chi connectivity index (χ1n) is 5.86. The number of nitrogens with one attached hydrogen (secondary N) is 1. The third-order valence-electron chi connectivity index (χ3n) is 2.31. The monoisotopic (exact) mass is 337 g/mol. The van der Waals surface area contributed by atoms with Gasteiger partial charge in [-0.05, 0) is 12.1 Å². The summed E-state index contributed by atoms with van der Waals surface area (Å²) in [4.78, 5) is 22.7.